The van der Waals surface area contributed by atoms with Gasteiger partial charge in [0.1, 0.15) is 0 Å². The Bertz CT molecular complexity index is 1390. The molecule has 0 saturated carbocycles. The molecule has 0 bridgehead atoms. The van der Waals surface area contributed by atoms with Crippen molar-refractivity contribution in [1.29, 1.82) is 0 Å². The molecule has 0 fully saturated rings. The molecule has 1 aromatic heterocycles. The quantitative estimate of drug-likeness (QED) is 0.117. The van der Waals surface area contributed by atoms with Crippen molar-refractivity contribution in [1.82, 2.24) is 0 Å². The van der Waals surface area contributed by atoms with Crippen LogP contribution in [0.4, 0.5) is 16.9 Å². The second-order valence-electron chi connectivity index (χ2n) is 9.81. The molecule has 5 rings (SSSR count). The van der Waals surface area contributed by atoms with Crippen LogP contribution in [0.3, 0.4) is 0 Å². The second-order valence-corrected chi connectivity index (χ2v) is 15.3. The van der Waals surface area contributed by atoms with Crippen LogP contribution in [0.15, 0.2) is 78.9 Å². The van der Waals surface area contributed by atoms with E-state index in [1.165, 1.54) is 44.4 Å². The summed E-state index contributed by atoms with van der Waals surface area (Å²) in [6.07, 6.45) is 1.08. The third kappa shape index (κ3) is 6.57. The van der Waals surface area contributed by atoms with Gasteiger partial charge in [0.05, 0.1) is 10.9 Å². The Morgan fingerprint density at radius 3 is 1.94 bits per heavy atom. The van der Waals surface area contributed by atoms with Crippen LogP contribution in [0.5, 0.6) is 0 Å². The van der Waals surface area contributed by atoms with E-state index in [1.807, 2.05) is 0 Å². The molecule has 0 radical (unpaired) electrons. The Morgan fingerprint density at radius 1 is 0.743 bits per heavy atom. The summed E-state index contributed by atoms with van der Waals surface area (Å²) in [6.45, 7) is 7.83. The Hall–Kier alpha value is -2.53. The van der Waals surface area contributed by atoms with E-state index in [0.29, 0.717) is 0 Å². The van der Waals surface area contributed by atoms with Crippen LogP contribution in [0.25, 0.3) is 33.3 Å². The summed E-state index contributed by atoms with van der Waals surface area (Å²) in [7, 11) is 0. The van der Waals surface area contributed by atoms with Gasteiger partial charge in [-0.15, -0.1) is 0 Å². The number of benzene rings is 3. The topological polar surface area (TPSA) is 3.88 Å². The zero-order chi connectivity index (χ0) is 25.7. The molecule has 8 heteroatoms. The molecule has 3 aromatic carbocycles. The molecule has 1 aliphatic heterocycles. The molecule has 0 unspecified atom stereocenters. The minimum atomic E-state index is -11.2. The van der Waals surface area contributed by atoms with Crippen LogP contribution in [0, 0.1) is 0 Å². The average Bonchev–Trinajstić information content (AvgIpc) is 2.75. The molecule has 2 heterocycles. The van der Waals surface area contributed by atoms with E-state index >= 15 is 0 Å². The van der Waals surface area contributed by atoms with Gasteiger partial charge in [-0.1, -0.05) is 69.3 Å². The van der Waals surface area contributed by atoms with E-state index < -0.39 is 19.5 Å². The van der Waals surface area contributed by atoms with E-state index in [1.54, 1.807) is 0 Å². The van der Waals surface area contributed by atoms with Crippen LogP contribution in [-0.4, -0.2) is 19.5 Å². The number of nitrogens with zero attached hydrogens (tertiary/aromatic N) is 1. The number of hydrogen-bond acceptors (Lipinski definition) is 0. The number of pyridine rings is 1. The van der Waals surface area contributed by atoms with E-state index in [0.717, 1.165) is 13.0 Å². The van der Waals surface area contributed by atoms with Gasteiger partial charge in [-0.2, -0.15) is 4.57 Å². The third-order valence-corrected chi connectivity index (χ3v) is 5.99. The molecule has 0 saturated heterocycles. The number of aromatic nitrogens is 1. The molecule has 0 spiro atoms. The predicted octanol–water partition coefficient (Wildman–Crippen LogP) is 8.46. The van der Waals surface area contributed by atoms with Gasteiger partial charge in [-0.25, -0.2) is 0 Å². The summed E-state index contributed by atoms with van der Waals surface area (Å²) in [6, 6.07) is 29.2. The monoisotopic (exact) mass is 599 g/mol. The fourth-order valence-corrected chi connectivity index (χ4v) is 4.43. The van der Waals surface area contributed by atoms with Crippen molar-refractivity contribution in [2.75, 3.05) is 0 Å². The predicted molar refractivity (Wildman–Crippen MR) is 130 cm³/mol. The van der Waals surface area contributed by atoms with Crippen molar-refractivity contribution in [2.24, 2.45) is 0 Å². The number of rotatable bonds is 1. The molecule has 0 aliphatic carbocycles. The van der Waals surface area contributed by atoms with Gasteiger partial charge in [-0.05, 0) is 46.2 Å². The first-order valence-corrected chi connectivity index (χ1v) is 17.0. The van der Waals surface area contributed by atoms with Crippen molar-refractivity contribution in [3.05, 3.63) is 90.0 Å². The number of hydrogen-bond donors (Lipinski definition) is 0. The first kappa shape index (κ1) is 25.6. The summed E-state index contributed by atoms with van der Waals surface area (Å²) in [4.78, 5) is 0. The molecule has 35 heavy (non-hydrogen) atoms. The molecule has 0 atom stereocenters. The first-order chi connectivity index (χ1) is 16.0. The summed E-state index contributed by atoms with van der Waals surface area (Å²) >= 11 is -11.2. The minimum absolute atomic E-state index is 0.174. The zero-order valence-electron chi connectivity index (χ0n) is 19.6. The summed E-state index contributed by atoms with van der Waals surface area (Å²) in [5.74, 6) is 0. The zero-order valence-corrected chi connectivity index (χ0v) is 22.1. The first-order valence-electron chi connectivity index (χ1n) is 11.2. The third-order valence-electron chi connectivity index (χ3n) is 5.99. The van der Waals surface area contributed by atoms with Crippen LogP contribution in [0.1, 0.15) is 31.9 Å². The molecular weight excluding hydrogens is 574 g/mol. The standard InChI is InChI=1S/C27H26N.6FH.Sb/c1-27(2,3)22-14-12-20(13-15-22)25-18-21-9-5-7-11-24(21)26-23-10-6-4-8-19(23)16-17-28(25)26;;;;;;;/h4-15,18H,16-17H2,1-3H3;6*1H;/q+1;;;;;;;+5/p-6. The molecule has 0 N–H and O–H groups in total. The van der Waals surface area contributed by atoms with Gasteiger partial charge < -0.3 is 0 Å². The summed E-state index contributed by atoms with van der Waals surface area (Å²) in [5.41, 5.74) is 8.33. The normalized spacial score (nSPS) is 15.2. The van der Waals surface area contributed by atoms with Gasteiger partial charge in [0.25, 0.3) is 0 Å². The van der Waals surface area contributed by atoms with Crippen LogP contribution in [-0.2, 0) is 18.4 Å². The fraction of sp³-hybridized carbons (Fsp3) is 0.222. The molecule has 1 nitrogen and oxygen atoms in total. The maximum absolute atomic E-state index is 11.2. The molecule has 0 amide bonds. The number of aryl methyl sites for hydroxylation is 1. The second kappa shape index (κ2) is 7.99. The van der Waals surface area contributed by atoms with Crippen LogP contribution >= 0.6 is 0 Å². The van der Waals surface area contributed by atoms with Crippen molar-refractivity contribution in [2.45, 2.75) is 39.2 Å². The molecule has 4 aromatic rings. The number of fused-ring (bicyclic) bond motifs is 5. The van der Waals surface area contributed by atoms with Gasteiger partial charge in [-0.3, -0.25) is 0 Å². The molecule has 186 valence electrons. The van der Waals surface area contributed by atoms with E-state index in [-0.39, 0.29) is 5.41 Å². The Morgan fingerprint density at radius 2 is 1.31 bits per heavy atom. The SMILES string of the molecule is CC(C)(C)c1ccc(-c2cc3ccccc3c3[n+]2CCc2ccccc2-3)cc1.[F][Sb-]([F])([F])([F])([F])[F]. The Kier molecular flexibility index (Phi) is 5.83. The van der Waals surface area contributed by atoms with E-state index in [2.05, 4.69) is 104 Å². The van der Waals surface area contributed by atoms with Gasteiger partial charge in [0, 0.05) is 18.1 Å². The van der Waals surface area contributed by atoms with Crippen LogP contribution < -0.4 is 4.57 Å². The Labute approximate surface area is 202 Å². The van der Waals surface area contributed by atoms with E-state index in [4.69, 9.17) is 0 Å². The van der Waals surface area contributed by atoms with Crippen molar-refractivity contribution >= 4 is 30.2 Å². The average molecular weight is 600 g/mol. The van der Waals surface area contributed by atoms with Crippen LogP contribution in [0.2, 0.25) is 0 Å². The van der Waals surface area contributed by atoms with Crippen molar-refractivity contribution < 1.29 is 21.4 Å². The molecule has 1 aliphatic rings. The Balaban J connectivity index is 0.000000364. The van der Waals surface area contributed by atoms with Gasteiger partial charge in [0.15, 0.2) is 6.54 Å². The summed E-state index contributed by atoms with van der Waals surface area (Å²) in [5, 5.41) is 2.64. The van der Waals surface area contributed by atoms with Gasteiger partial charge >= 0.3 is 36.4 Å². The van der Waals surface area contributed by atoms with E-state index in [9.17, 15) is 16.9 Å². The van der Waals surface area contributed by atoms with Crippen molar-refractivity contribution in [3.8, 4) is 22.5 Å². The van der Waals surface area contributed by atoms with Gasteiger partial charge in [0.2, 0.25) is 11.4 Å². The molecular formula is C27H26F6NSb. The van der Waals surface area contributed by atoms with Crippen molar-refractivity contribution in [3.63, 3.8) is 0 Å². The summed E-state index contributed by atoms with van der Waals surface area (Å²) < 4.78 is 62.1. The maximum atomic E-state index is 9.93. The fourth-order valence-electron chi connectivity index (χ4n) is 4.43. The number of halogens is 6.